The molecule has 19 heavy (non-hydrogen) atoms. The molecule has 1 aliphatic heterocycles. The normalized spacial score (nSPS) is 20.6. The molecule has 0 aromatic carbocycles. The molecule has 1 aromatic rings. The van der Waals surface area contributed by atoms with E-state index in [2.05, 4.69) is 48.1 Å². The lowest BCUT2D eigenvalue weighted by Gasteiger charge is -2.23. The Morgan fingerprint density at radius 2 is 2.37 bits per heavy atom. The van der Waals surface area contributed by atoms with Crippen LogP contribution in [0.15, 0.2) is 18.3 Å². The van der Waals surface area contributed by atoms with E-state index in [1.54, 1.807) is 0 Å². The first-order chi connectivity index (χ1) is 9.15. The zero-order valence-electron chi connectivity index (χ0n) is 12.2. The van der Waals surface area contributed by atoms with Crippen molar-refractivity contribution in [1.82, 2.24) is 10.3 Å². The predicted molar refractivity (Wildman–Crippen MR) is 78.5 cm³/mol. The van der Waals surface area contributed by atoms with Crippen molar-refractivity contribution in [2.24, 2.45) is 0 Å². The van der Waals surface area contributed by atoms with E-state index < -0.39 is 0 Å². The molecule has 0 amide bonds. The first kappa shape index (κ1) is 14.3. The standard InChI is InChI=1S/C15H25N3O/c1-12(2)17-10-14-5-6-16-15(9-14)18-7-4-8-19-13(3)11-18/h5-6,9,12-13,17H,4,7-8,10-11H2,1-3H3. The van der Waals surface area contributed by atoms with Gasteiger partial charge in [-0.1, -0.05) is 13.8 Å². The van der Waals surface area contributed by atoms with Crippen LogP contribution in [0.3, 0.4) is 0 Å². The number of nitrogens with zero attached hydrogens (tertiary/aromatic N) is 2. The second-order valence-corrected chi connectivity index (χ2v) is 5.54. The van der Waals surface area contributed by atoms with Gasteiger partial charge in [0.2, 0.25) is 0 Å². The molecule has 0 aliphatic carbocycles. The van der Waals surface area contributed by atoms with E-state index in [4.69, 9.17) is 4.74 Å². The minimum Gasteiger partial charge on any atom is -0.377 e. The smallest absolute Gasteiger partial charge is 0.128 e. The van der Waals surface area contributed by atoms with Crippen molar-refractivity contribution < 1.29 is 4.74 Å². The molecule has 1 atom stereocenters. The van der Waals surface area contributed by atoms with E-state index >= 15 is 0 Å². The molecule has 0 bridgehead atoms. The Bertz CT molecular complexity index is 395. The first-order valence-electron chi connectivity index (χ1n) is 7.20. The van der Waals surface area contributed by atoms with Crippen molar-refractivity contribution in [2.75, 3.05) is 24.6 Å². The zero-order valence-corrected chi connectivity index (χ0v) is 12.2. The van der Waals surface area contributed by atoms with E-state index in [-0.39, 0.29) is 6.10 Å². The van der Waals surface area contributed by atoms with E-state index in [1.807, 2.05) is 6.20 Å². The Kier molecular flexibility index (Phi) is 5.16. The number of anilines is 1. The summed E-state index contributed by atoms with van der Waals surface area (Å²) in [6, 6.07) is 4.77. The second-order valence-electron chi connectivity index (χ2n) is 5.54. The van der Waals surface area contributed by atoms with Crippen LogP contribution in [0.25, 0.3) is 0 Å². The summed E-state index contributed by atoms with van der Waals surface area (Å²) in [5, 5.41) is 3.44. The van der Waals surface area contributed by atoms with Gasteiger partial charge in [0.05, 0.1) is 6.10 Å². The maximum atomic E-state index is 5.68. The fourth-order valence-electron chi connectivity index (χ4n) is 2.27. The van der Waals surface area contributed by atoms with Gasteiger partial charge in [-0.2, -0.15) is 0 Å². The van der Waals surface area contributed by atoms with Crippen molar-refractivity contribution in [3.05, 3.63) is 23.9 Å². The van der Waals surface area contributed by atoms with Gasteiger partial charge >= 0.3 is 0 Å². The maximum Gasteiger partial charge on any atom is 0.128 e. The van der Waals surface area contributed by atoms with Gasteiger partial charge in [0.15, 0.2) is 0 Å². The quantitative estimate of drug-likeness (QED) is 0.903. The fraction of sp³-hybridized carbons (Fsp3) is 0.667. The largest absolute Gasteiger partial charge is 0.377 e. The van der Waals surface area contributed by atoms with Gasteiger partial charge in [0, 0.05) is 38.5 Å². The van der Waals surface area contributed by atoms with Gasteiger partial charge < -0.3 is 15.0 Å². The summed E-state index contributed by atoms with van der Waals surface area (Å²) in [4.78, 5) is 6.84. The molecule has 106 valence electrons. The maximum absolute atomic E-state index is 5.68. The first-order valence-corrected chi connectivity index (χ1v) is 7.20. The number of hydrogen-bond donors (Lipinski definition) is 1. The van der Waals surface area contributed by atoms with Crippen LogP contribution < -0.4 is 10.2 Å². The predicted octanol–water partition coefficient (Wildman–Crippen LogP) is 2.19. The van der Waals surface area contributed by atoms with E-state index in [0.29, 0.717) is 6.04 Å². The molecular weight excluding hydrogens is 238 g/mol. The molecule has 1 saturated heterocycles. The Balaban J connectivity index is 2.04. The lowest BCUT2D eigenvalue weighted by atomic mass is 10.2. The Morgan fingerprint density at radius 3 is 3.16 bits per heavy atom. The Hall–Kier alpha value is -1.13. The molecule has 0 spiro atoms. The lowest BCUT2D eigenvalue weighted by Crippen LogP contribution is -2.31. The molecule has 1 N–H and O–H groups in total. The SMILES string of the molecule is CC(C)NCc1ccnc(N2CCCOC(C)C2)c1. The topological polar surface area (TPSA) is 37.4 Å². The fourth-order valence-corrected chi connectivity index (χ4v) is 2.27. The third-order valence-corrected chi connectivity index (χ3v) is 3.30. The van der Waals surface area contributed by atoms with Crippen LogP contribution >= 0.6 is 0 Å². The van der Waals surface area contributed by atoms with Crippen LogP contribution in [-0.4, -0.2) is 36.8 Å². The van der Waals surface area contributed by atoms with Crippen molar-refractivity contribution >= 4 is 5.82 Å². The molecule has 0 radical (unpaired) electrons. The highest BCUT2D eigenvalue weighted by Gasteiger charge is 2.16. The number of hydrogen-bond acceptors (Lipinski definition) is 4. The number of nitrogens with one attached hydrogen (secondary N) is 1. The van der Waals surface area contributed by atoms with Gasteiger partial charge in [0.25, 0.3) is 0 Å². The summed E-state index contributed by atoms with van der Waals surface area (Å²) >= 11 is 0. The summed E-state index contributed by atoms with van der Waals surface area (Å²) in [5.41, 5.74) is 1.29. The van der Waals surface area contributed by atoms with Gasteiger partial charge in [-0.05, 0) is 31.0 Å². The molecule has 0 saturated carbocycles. The number of pyridine rings is 1. The van der Waals surface area contributed by atoms with Crippen LogP contribution in [0.1, 0.15) is 32.8 Å². The van der Waals surface area contributed by atoms with E-state index in [9.17, 15) is 0 Å². The summed E-state index contributed by atoms with van der Waals surface area (Å²) in [5.74, 6) is 1.07. The minimum atomic E-state index is 0.279. The zero-order chi connectivity index (χ0) is 13.7. The number of aromatic nitrogens is 1. The molecule has 2 rings (SSSR count). The monoisotopic (exact) mass is 263 g/mol. The average Bonchev–Trinajstić information content (AvgIpc) is 2.61. The highest BCUT2D eigenvalue weighted by molar-refractivity contribution is 5.41. The average molecular weight is 263 g/mol. The van der Waals surface area contributed by atoms with Crippen molar-refractivity contribution in [3.8, 4) is 0 Å². The highest BCUT2D eigenvalue weighted by atomic mass is 16.5. The Labute approximate surface area is 116 Å². The third kappa shape index (κ3) is 4.48. The minimum absolute atomic E-state index is 0.279. The highest BCUT2D eigenvalue weighted by Crippen LogP contribution is 2.16. The molecule has 1 aromatic heterocycles. The van der Waals surface area contributed by atoms with Gasteiger partial charge in [-0.25, -0.2) is 4.98 Å². The number of rotatable bonds is 4. The molecule has 4 heteroatoms. The van der Waals surface area contributed by atoms with Crippen LogP contribution in [0.5, 0.6) is 0 Å². The van der Waals surface area contributed by atoms with Crippen LogP contribution in [0, 0.1) is 0 Å². The second kappa shape index (κ2) is 6.87. The summed E-state index contributed by atoms with van der Waals surface area (Å²) in [6.07, 6.45) is 3.26. The molecule has 1 aliphatic rings. The van der Waals surface area contributed by atoms with E-state index in [1.165, 1.54) is 5.56 Å². The molecule has 1 fully saturated rings. The van der Waals surface area contributed by atoms with Crippen molar-refractivity contribution in [3.63, 3.8) is 0 Å². The van der Waals surface area contributed by atoms with E-state index in [0.717, 1.165) is 38.5 Å². The summed E-state index contributed by atoms with van der Waals surface area (Å²) < 4.78 is 5.68. The van der Waals surface area contributed by atoms with Crippen LogP contribution in [-0.2, 0) is 11.3 Å². The number of ether oxygens (including phenoxy) is 1. The van der Waals surface area contributed by atoms with Gasteiger partial charge in [-0.15, -0.1) is 0 Å². The lowest BCUT2D eigenvalue weighted by molar-refractivity contribution is 0.0820. The van der Waals surface area contributed by atoms with Gasteiger partial charge in [-0.3, -0.25) is 0 Å². The summed E-state index contributed by atoms with van der Waals surface area (Å²) in [6.45, 7) is 10.2. The van der Waals surface area contributed by atoms with Crippen LogP contribution in [0.4, 0.5) is 5.82 Å². The van der Waals surface area contributed by atoms with Crippen molar-refractivity contribution in [2.45, 2.75) is 45.9 Å². The molecule has 4 nitrogen and oxygen atoms in total. The summed E-state index contributed by atoms with van der Waals surface area (Å²) in [7, 11) is 0. The third-order valence-electron chi connectivity index (χ3n) is 3.30. The van der Waals surface area contributed by atoms with Crippen LogP contribution in [0.2, 0.25) is 0 Å². The van der Waals surface area contributed by atoms with Gasteiger partial charge in [0.1, 0.15) is 5.82 Å². The molecule has 1 unspecified atom stereocenters. The van der Waals surface area contributed by atoms with Crippen molar-refractivity contribution in [1.29, 1.82) is 0 Å². The molecule has 2 heterocycles. The molecular formula is C15H25N3O. The Morgan fingerprint density at radius 1 is 1.53 bits per heavy atom.